The Hall–Kier alpha value is -3.05. The molecule has 1 atom stereocenters. The summed E-state index contributed by atoms with van der Waals surface area (Å²) < 4.78 is 2.03. The largest absolute Gasteiger partial charge is 0.384 e. The highest BCUT2D eigenvalue weighted by Gasteiger charge is 2.39. The van der Waals surface area contributed by atoms with E-state index in [1.807, 2.05) is 72.4 Å². The molecule has 0 aliphatic carbocycles. The lowest BCUT2D eigenvalue weighted by molar-refractivity contribution is -0.131. The number of rotatable bonds is 8. The van der Waals surface area contributed by atoms with E-state index in [1.54, 1.807) is 4.90 Å². The maximum Gasteiger partial charge on any atom is 0.259 e. The average Bonchev–Trinajstić information content (AvgIpc) is 3.21. The van der Waals surface area contributed by atoms with Gasteiger partial charge < -0.3 is 19.9 Å². The number of para-hydroxylation sites is 1. The predicted octanol–water partition coefficient (Wildman–Crippen LogP) is 4.03. The number of aromatic nitrogens is 1. The second-order valence-electron chi connectivity index (χ2n) is 7.89. The van der Waals surface area contributed by atoms with Gasteiger partial charge in [-0.2, -0.15) is 0 Å². The highest BCUT2D eigenvalue weighted by atomic mass is 16.3. The molecule has 0 bridgehead atoms. The number of aryl methyl sites for hydroxylation is 1. The van der Waals surface area contributed by atoms with Crippen LogP contribution in [0.3, 0.4) is 0 Å². The molecule has 0 saturated carbocycles. The van der Waals surface area contributed by atoms with Gasteiger partial charge in [0.05, 0.1) is 11.3 Å². The topological polar surface area (TPSA) is 57.5 Å². The first-order valence-electron chi connectivity index (χ1n) is 10.7. The van der Waals surface area contributed by atoms with Crippen molar-refractivity contribution < 1.29 is 9.90 Å². The van der Waals surface area contributed by atoms with Gasteiger partial charge in [-0.05, 0) is 18.1 Å². The van der Waals surface area contributed by atoms with E-state index in [-0.39, 0.29) is 5.91 Å². The van der Waals surface area contributed by atoms with Crippen LogP contribution in [0.4, 0.5) is 0 Å². The Morgan fingerprint density at radius 3 is 2.53 bits per heavy atom. The highest BCUT2D eigenvalue weighted by Crippen LogP contribution is 2.36. The van der Waals surface area contributed by atoms with E-state index in [0.717, 1.165) is 47.8 Å². The van der Waals surface area contributed by atoms with E-state index in [1.165, 1.54) is 0 Å². The zero-order chi connectivity index (χ0) is 21.1. The van der Waals surface area contributed by atoms with Gasteiger partial charge in [-0.25, -0.2) is 0 Å². The van der Waals surface area contributed by atoms with Crippen molar-refractivity contribution in [1.82, 2.24) is 14.8 Å². The second kappa shape index (κ2) is 8.76. The third kappa shape index (κ3) is 3.73. The van der Waals surface area contributed by atoms with Crippen LogP contribution in [0.5, 0.6) is 0 Å². The first-order chi connectivity index (χ1) is 14.6. The van der Waals surface area contributed by atoms with Crippen molar-refractivity contribution in [3.8, 4) is 0 Å². The van der Waals surface area contributed by atoms with Crippen molar-refractivity contribution in [2.75, 3.05) is 6.54 Å². The van der Waals surface area contributed by atoms with E-state index in [2.05, 4.69) is 12.2 Å². The van der Waals surface area contributed by atoms with Crippen molar-refractivity contribution in [1.29, 1.82) is 0 Å². The summed E-state index contributed by atoms with van der Waals surface area (Å²) in [4.78, 5) is 15.1. The Kier molecular flexibility index (Phi) is 5.91. The fraction of sp³-hybridized carbons (Fsp3) is 0.320. The van der Waals surface area contributed by atoms with E-state index in [9.17, 15) is 9.90 Å². The molecular weight excluding hydrogens is 374 g/mol. The van der Waals surface area contributed by atoms with Gasteiger partial charge in [-0.3, -0.25) is 4.79 Å². The van der Waals surface area contributed by atoms with Gasteiger partial charge in [-0.1, -0.05) is 68.3 Å². The lowest BCUT2D eigenvalue weighted by Crippen LogP contribution is -2.37. The Morgan fingerprint density at radius 2 is 1.77 bits per heavy atom. The summed E-state index contributed by atoms with van der Waals surface area (Å²) in [6.45, 7) is 3.27. The molecule has 1 amide bonds. The van der Waals surface area contributed by atoms with Gasteiger partial charge >= 0.3 is 0 Å². The number of fused-ring (bicyclic) bond motifs is 1. The van der Waals surface area contributed by atoms with E-state index < -0.39 is 6.23 Å². The van der Waals surface area contributed by atoms with Crippen LogP contribution >= 0.6 is 0 Å². The molecule has 1 aliphatic heterocycles. The third-order valence-corrected chi connectivity index (χ3v) is 5.76. The van der Waals surface area contributed by atoms with E-state index >= 15 is 0 Å². The maximum absolute atomic E-state index is 13.5. The number of amides is 1. The zero-order valence-electron chi connectivity index (χ0n) is 17.6. The van der Waals surface area contributed by atoms with Gasteiger partial charge in [-0.15, -0.1) is 0 Å². The second-order valence-corrected chi connectivity index (χ2v) is 7.89. The first kappa shape index (κ1) is 20.2. The highest BCUT2D eigenvalue weighted by molar-refractivity contribution is 6.25. The number of hydrogen-bond donors (Lipinski definition) is 2. The van der Waals surface area contributed by atoms with Crippen LogP contribution in [-0.4, -0.2) is 33.3 Å². The van der Waals surface area contributed by atoms with Crippen LogP contribution in [0.2, 0.25) is 0 Å². The molecule has 1 aliphatic rings. The lowest BCUT2D eigenvalue weighted by atomic mass is 10.0. The SMILES string of the molecule is CCCCCNC1=C(c2cn(C)c3ccccc23)C(=O)N(Cc2ccccc2)C1O. The van der Waals surface area contributed by atoms with E-state index in [4.69, 9.17) is 0 Å². The minimum Gasteiger partial charge on any atom is -0.384 e. The third-order valence-electron chi connectivity index (χ3n) is 5.76. The predicted molar refractivity (Wildman–Crippen MR) is 120 cm³/mol. The number of aliphatic hydroxyl groups is 1. The molecular formula is C25H29N3O2. The number of unbranched alkanes of at least 4 members (excludes halogenated alkanes) is 2. The number of benzene rings is 2. The van der Waals surface area contributed by atoms with Crippen molar-refractivity contribution in [2.45, 2.75) is 39.0 Å². The van der Waals surface area contributed by atoms with Crippen LogP contribution in [0.15, 0.2) is 66.5 Å². The summed E-state index contributed by atoms with van der Waals surface area (Å²) in [5, 5.41) is 15.5. The van der Waals surface area contributed by atoms with Crippen molar-refractivity contribution in [2.24, 2.45) is 7.05 Å². The normalized spacial score (nSPS) is 16.7. The maximum atomic E-state index is 13.5. The standard InChI is InChI=1S/C25H29N3O2/c1-3-4-10-15-26-23-22(20-17-27(2)21-14-9-8-13-19(20)21)24(29)28(25(23)30)16-18-11-6-5-7-12-18/h5-9,11-14,17,25-26,30H,3-4,10,15-16H2,1-2H3. The summed E-state index contributed by atoms with van der Waals surface area (Å²) >= 11 is 0. The smallest absolute Gasteiger partial charge is 0.259 e. The molecule has 2 aromatic carbocycles. The molecule has 1 unspecified atom stereocenters. The van der Waals surface area contributed by atoms with E-state index in [0.29, 0.717) is 17.8 Å². The molecule has 5 nitrogen and oxygen atoms in total. The number of carbonyl (C=O) groups excluding carboxylic acids is 1. The molecule has 2 N–H and O–H groups in total. The van der Waals surface area contributed by atoms with Gasteiger partial charge in [0.1, 0.15) is 0 Å². The Labute approximate surface area is 177 Å². The summed E-state index contributed by atoms with van der Waals surface area (Å²) in [6, 6.07) is 17.9. The van der Waals surface area contributed by atoms with Crippen molar-refractivity contribution in [3.63, 3.8) is 0 Å². The van der Waals surface area contributed by atoms with Crippen molar-refractivity contribution in [3.05, 3.63) is 77.6 Å². The quantitative estimate of drug-likeness (QED) is 0.559. The molecule has 2 heterocycles. The Balaban J connectivity index is 1.73. The van der Waals surface area contributed by atoms with Crippen molar-refractivity contribution >= 4 is 22.4 Å². The van der Waals surface area contributed by atoms with Gasteiger partial charge in [0, 0.05) is 42.8 Å². The molecule has 3 aromatic rings. The zero-order valence-corrected chi connectivity index (χ0v) is 17.6. The van der Waals surface area contributed by atoms with Crippen LogP contribution in [0.1, 0.15) is 37.3 Å². The lowest BCUT2D eigenvalue weighted by Gasteiger charge is -2.23. The molecule has 4 rings (SSSR count). The van der Waals surface area contributed by atoms with Crippen LogP contribution < -0.4 is 5.32 Å². The van der Waals surface area contributed by atoms with Gasteiger partial charge in [0.2, 0.25) is 0 Å². The summed E-state index contributed by atoms with van der Waals surface area (Å²) in [6.07, 6.45) is 4.25. The fourth-order valence-corrected chi connectivity index (χ4v) is 4.17. The van der Waals surface area contributed by atoms with Crippen LogP contribution in [0, 0.1) is 0 Å². The van der Waals surface area contributed by atoms with Crippen LogP contribution in [-0.2, 0) is 18.4 Å². The summed E-state index contributed by atoms with van der Waals surface area (Å²) in [5.74, 6) is -0.138. The Morgan fingerprint density at radius 1 is 1.03 bits per heavy atom. The molecule has 0 radical (unpaired) electrons. The number of aliphatic hydroxyl groups excluding tert-OH is 1. The summed E-state index contributed by atoms with van der Waals surface area (Å²) in [7, 11) is 1.98. The first-order valence-corrected chi connectivity index (χ1v) is 10.7. The summed E-state index contributed by atoms with van der Waals surface area (Å²) in [5.41, 5.74) is 4.12. The molecule has 156 valence electrons. The number of carbonyl (C=O) groups is 1. The average molecular weight is 404 g/mol. The monoisotopic (exact) mass is 403 g/mol. The minimum atomic E-state index is -0.978. The molecule has 0 spiro atoms. The molecule has 1 aromatic heterocycles. The van der Waals surface area contributed by atoms with Gasteiger partial charge in [0.15, 0.2) is 6.23 Å². The number of nitrogens with one attached hydrogen (secondary N) is 1. The molecule has 5 heteroatoms. The molecule has 0 fully saturated rings. The van der Waals surface area contributed by atoms with Gasteiger partial charge in [0.25, 0.3) is 5.91 Å². The molecule has 0 saturated heterocycles. The van der Waals surface area contributed by atoms with Crippen LogP contribution in [0.25, 0.3) is 16.5 Å². The number of hydrogen-bond acceptors (Lipinski definition) is 3. The molecule has 30 heavy (non-hydrogen) atoms. The minimum absolute atomic E-state index is 0.138. The fourth-order valence-electron chi connectivity index (χ4n) is 4.17. The Bertz CT molecular complexity index is 1070. The number of nitrogens with zero attached hydrogens (tertiary/aromatic N) is 2.